The zero-order valence-electron chi connectivity index (χ0n) is 15.6. The second-order valence-electron chi connectivity index (χ2n) is 6.31. The summed E-state index contributed by atoms with van der Waals surface area (Å²) in [5.41, 5.74) is 3.64. The molecule has 0 radical (unpaired) electrons. The van der Waals surface area contributed by atoms with Gasteiger partial charge in [0.25, 0.3) is 5.91 Å². The van der Waals surface area contributed by atoms with Gasteiger partial charge in [-0.3, -0.25) is 4.79 Å². The molecule has 2 aromatic carbocycles. The lowest BCUT2D eigenvalue weighted by molar-refractivity contribution is 0.0730. The molecular weight excluding hydrogens is 437 g/mol. The molecule has 0 atom stereocenters. The molecule has 2 aromatic rings. The van der Waals surface area contributed by atoms with Crippen LogP contribution in [0.2, 0.25) is 10.0 Å². The molecule has 1 saturated heterocycles. The monoisotopic (exact) mass is 455 g/mol. The fourth-order valence-corrected chi connectivity index (χ4v) is 4.65. The number of halogens is 2. The Labute approximate surface area is 179 Å². The average molecular weight is 456 g/mol. The Morgan fingerprint density at radius 1 is 1.14 bits per heavy atom. The van der Waals surface area contributed by atoms with E-state index in [1.165, 1.54) is 28.6 Å². The van der Waals surface area contributed by atoms with Crippen molar-refractivity contribution in [2.75, 3.05) is 26.3 Å². The molecule has 0 bridgehead atoms. The van der Waals surface area contributed by atoms with Gasteiger partial charge in [0, 0.05) is 34.3 Å². The van der Waals surface area contributed by atoms with Crippen molar-refractivity contribution < 1.29 is 17.9 Å². The minimum Gasteiger partial charge on any atom is -0.379 e. The molecule has 0 aromatic heterocycles. The third-order valence-corrected chi connectivity index (χ3v) is 6.81. The van der Waals surface area contributed by atoms with Crippen LogP contribution in [0.3, 0.4) is 0 Å². The lowest BCUT2D eigenvalue weighted by Crippen LogP contribution is -2.40. The van der Waals surface area contributed by atoms with Gasteiger partial charge < -0.3 is 4.74 Å². The van der Waals surface area contributed by atoms with Crippen LogP contribution in [-0.2, 0) is 14.8 Å². The summed E-state index contributed by atoms with van der Waals surface area (Å²) in [5, 5.41) is 4.99. The van der Waals surface area contributed by atoms with Gasteiger partial charge in [-0.1, -0.05) is 29.3 Å². The number of ether oxygens (including phenoxy) is 1. The van der Waals surface area contributed by atoms with Gasteiger partial charge in [-0.15, -0.1) is 0 Å². The Bertz CT molecular complexity index is 1050. The molecule has 7 nitrogen and oxygen atoms in total. The summed E-state index contributed by atoms with van der Waals surface area (Å²) in [4.78, 5) is 12.5. The minimum absolute atomic E-state index is 0.0469. The fraction of sp³-hybridized carbons (Fsp3) is 0.263. The number of morpholine rings is 1. The molecule has 1 heterocycles. The first-order valence-electron chi connectivity index (χ1n) is 8.77. The predicted octanol–water partition coefficient (Wildman–Crippen LogP) is 3.17. The second kappa shape index (κ2) is 9.23. The summed E-state index contributed by atoms with van der Waals surface area (Å²) in [6, 6.07) is 10.8. The summed E-state index contributed by atoms with van der Waals surface area (Å²) < 4.78 is 32.1. The Kier molecular flexibility index (Phi) is 6.92. The standard InChI is InChI=1S/C19H19Cl2N3O4S/c1-13(17-12-15(20)5-6-18(17)21)22-23-19(25)14-3-2-4-16(11-14)29(26,27)24-7-9-28-10-8-24/h2-6,11-12H,7-10H2,1H3,(H,23,25). The zero-order chi connectivity index (χ0) is 21.0. The van der Waals surface area contributed by atoms with Crippen LogP contribution in [0, 0.1) is 0 Å². The van der Waals surface area contributed by atoms with Gasteiger partial charge in [0.2, 0.25) is 10.0 Å². The molecule has 1 fully saturated rings. The predicted molar refractivity (Wildman–Crippen MR) is 112 cm³/mol. The molecule has 1 aliphatic heterocycles. The number of benzene rings is 2. The van der Waals surface area contributed by atoms with Crippen molar-refractivity contribution >= 4 is 44.8 Å². The lowest BCUT2D eigenvalue weighted by Gasteiger charge is -2.26. The number of hydrogen-bond donors (Lipinski definition) is 1. The highest BCUT2D eigenvalue weighted by atomic mass is 35.5. The Balaban J connectivity index is 1.78. The number of nitrogens with one attached hydrogen (secondary N) is 1. The van der Waals surface area contributed by atoms with Crippen LogP contribution in [0.15, 0.2) is 52.5 Å². The van der Waals surface area contributed by atoms with E-state index in [4.69, 9.17) is 27.9 Å². The van der Waals surface area contributed by atoms with Crippen molar-refractivity contribution in [3.8, 4) is 0 Å². The van der Waals surface area contributed by atoms with E-state index in [9.17, 15) is 13.2 Å². The van der Waals surface area contributed by atoms with E-state index < -0.39 is 15.9 Å². The average Bonchev–Trinajstić information content (AvgIpc) is 2.74. The summed E-state index contributed by atoms with van der Waals surface area (Å²) in [6.07, 6.45) is 0. The second-order valence-corrected chi connectivity index (χ2v) is 9.09. The molecule has 154 valence electrons. The summed E-state index contributed by atoms with van der Waals surface area (Å²) in [5.74, 6) is -0.540. The smallest absolute Gasteiger partial charge is 0.271 e. The van der Waals surface area contributed by atoms with Crippen LogP contribution in [0.1, 0.15) is 22.8 Å². The van der Waals surface area contributed by atoms with Crippen molar-refractivity contribution in [3.63, 3.8) is 0 Å². The number of carbonyl (C=O) groups is 1. The maximum absolute atomic E-state index is 12.8. The Morgan fingerprint density at radius 3 is 2.59 bits per heavy atom. The molecule has 0 saturated carbocycles. The molecule has 1 aliphatic rings. The molecule has 0 unspecified atom stereocenters. The van der Waals surface area contributed by atoms with Gasteiger partial charge in [-0.25, -0.2) is 13.8 Å². The number of hydrazone groups is 1. The number of rotatable bonds is 5. The molecule has 1 N–H and O–H groups in total. The van der Waals surface area contributed by atoms with Crippen LogP contribution < -0.4 is 5.43 Å². The minimum atomic E-state index is -3.70. The first kappa shape index (κ1) is 21.7. The number of carbonyl (C=O) groups excluding carboxylic acids is 1. The van der Waals surface area contributed by atoms with Crippen LogP contribution in [0.4, 0.5) is 0 Å². The van der Waals surface area contributed by atoms with Crippen molar-refractivity contribution in [2.45, 2.75) is 11.8 Å². The van der Waals surface area contributed by atoms with Crippen molar-refractivity contribution in [3.05, 3.63) is 63.6 Å². The van der Waals surface area contributed by atoms with E-state index in [1.807, 2.05) is 0 Å². The van der Waals surface area contributed by atoms with Gasteiger partial charge in [-0.05, 0) is 43.3 Å². The summed E-state index contributed by atoms with van der Waals surface area (Å²) >= 11 is 12.1. The molecule has 29 heavy (non-hydrogen) atoms. The molecule has 0 aliphatic carbocycles. The topological polar surface area (TPSA) is 88.1 Å². The maximum Gasteiger partial charge on any atom is 0.271 e. The quantitative estimate of drug-likeness (QED) is 0.553. The first-order valence-corrected chi connectivity index (χ1v) is 11.0. The number of amides is 1. The van der Waals surface area contributed by atoms with E-state index in [1.54, 1.807) is 25.1 Å². The molecule has 3 rings (SSSR count). The van der Waals surface area contributed by atoms with Crippen LogP contribution in [-0.4, -0.2) is 50.6 Å². The van der Waals surface area contributed by atoms with Gasteiger partial charge in [-0.2, -0.15) is 9.41 Å². The van der Waals surface area contributed by atoms with Crippen LogP contribution in [0.25, 0.3) is 0 Å². The van der Waals surface area contributed by atoms with E-state index >= 15 is 0 Å². The Hall–Kier alpha value is -1.97. The van der Waals surface area contributed by atoms with Crippen LogP contribution in [0.5, 0.6) is 0 Å². The van der Waals surface area contributed by atoms with E-state index in [2.05, 4.69) is 10.5 Å². The van der Waals surface area contributed by atoms with E-state index in [0.717, 1.165) is 0 Å². The van der Waals surface area contributed by atoms with Crippen molar-refractivity contribution in [1.82, 2.24) is 9.73 Å². The molecule has 10 heteroatoms. The number of sulfonamides is 1. The lowest BCUT2D eigenvalue weighted by atomic mass is 10.1. The summed E-state index contributed by atoms with van der Waals surface area (Å²) in [7, 11) is -3.70. The maximum atomic E-state index is 12.8. The summed E-state index contributed by atoms with van der Waals surface area (Å²) in [6.45, 7) is 2.93. The van der Waals surface area contributed by atoms with Crippen LogP contribution >= 0.6 is 23.2 Å². The third-order valence-electron chi connectivity index (χ3n) is 4.35. The van der Waals surface area contributed by atoms with Gasteiger partial charge >= 0.3 is 0 Å². The Morgan fingerprint density at radius 2 is 1.86 bits per heavy atom. The highest BCUT2D eigenvalue weighted by Gasteiger charge is 2.26. The molecule has 1 amide bonds. The fourth-order valence-electron chi connectivity index (χ4n) is 2.77. The highest BCUT2D eigenvalue weighted by molar-refractivity contribution is 7.89. The van der Waals surface area contributed by atoms with Gasteiger partial charge in [0.15, 0.2) is 0 Å². The number of nitrogens with zero attached hydrogens (tertiary/aromatic N) is 2. The van der Waals surface area contributed by atoms with E-state index in [0.29, 0.717) is 34.5 Å². The van der Waals surface area contributed by atoms with Crippen molar-refractivity contribution in [1.29, 1.82) is 0 Å². The largest absolute Gasteiger partial charge is 0.379 e. The zero-order valence-corrected chi connectivity index (χ0v) is 17.9. The third kappa shape index (κ3) is 5.15. The van der Waals surface area contributed by atoms with Crippen molar-refractivity contribution in [2.24, 2.45) is 5.10 Å². The SMILES string of the molecule is CC(=NNC(=O)c1cccc(S(=O)(=O)N2CCOCC2)c1)c1cc(Cl)ccc1Cl. The van der Waals surface area contributed by atoms with E-state index in [-0.39, 0.29) is 23.5 Å². The molecule has 0 spiro atoms. The van der Waals surface area contributed by atoms with Gasteiger partial charge in [0.1, 0.15) is 0 Å². The normalized spacial score (nSPS) is 15.9. The molecular formula is C19H19Cl2N3O4S. The number of hydrogen-bond acceptors (Lipinski definition) is 5. The van der Waals surface area contributed by atoms with Gasteiger partial charge in [0.05, 0.1) is 23.8 Å². The highest BCUT2D eigenvalue weighted by Crippen LogP contribution is 2.21. The first-order chi connectivity index (χ1) is 13.8.